The Bertz CT molecular complexity index is 91.0. The molecule has 0 saturated carbocycles. The highest BCUT2D eigenvalue weighted by atomic mass is 31.1. The van der Waals surface area contributed by atoms with Gasteiger partial charge in [0.2, 0.25) is 0 Å². The minimum Gasteiger partial charge on any atom is -0.122 e. The largest absolute Gasteiger partial charge is 0.122 e. The highest BCUT2D eigenvalue weighted by molar-refractivity contribution is 7.37. The third-order valence-corrected chi connectivity index (χ3v) is 3.91. The molecule has 0 spiro atoms. The van der Waals surface area contributed by atoms with E-state index in [1.165, 1.54) is 32.1 Å². The van der Waals surface area contributed by atoms with E-state index in [1.807, 2.05) is 0 Å². The van der Waals surface area contributed by atoms with Gasteiger partial charge in [0.1, 0.15) is 0 Å². The Hall–Kier alpha value is 0.430. The van der Waals surface area contributed by atoms with Crippen molar-refractivity contribution in [1.82, 2.24) is 0 Å². The normalized spacial score (nSPS) is 17.0. The minimum atomic E-state index is 0.962. The molecular weight excluding hydrogens is 163 g/mol. The summed E-state index contributed by atoms with van der Waals surface area (Å²) in [6.45, 7) is 9.39. The molecule has 0 aliphatic heterocycles. The molecule has 0 aliphatic rings. The van der Waals surface area contributed by atoms with Crippen molar-refractivity contribution < 1.29 is 0 Å². The van der Waals surface area contributed by atoms with Crippen LogP contribution in [-0.2, 0) is 0 Å². The minimum absolute atomic E-state index is 0.962. The summed E-state index contributed by atoms with van der Waals surface area (Å²) in [6, 6.07) is 0. The quantitative estimate of drug-likeness (QED) is 0.523. The van der Waals surface area contributed by atoms with E-state index >= 15 is 0 Å². The van der Waals surface area contributed by atoms with Gasteiger partial charge in [-0.05, 0) is 24.7 Å². The molecule has 0 aromatic rings. The average Bonchev–Trinajstić information content (AvgIpc) is 2.10. The molecule has 0 aromatic heterocycles. The van der Waals surface area contributed by atoms with Crippen molar-refractivity contribution in [2.24, 2.45) is 5.92 Å². The van der Waals surface area contributed by atoms with Crippen LogP contribution in [0.3, 0.4) is 0 Å². The molecule has 0 N–H and O–H groups in total. The maximum Gasteiger partial charge on any atom is -0.0267 e. The van der Waals surface area contributed by atoms with Crippen molar-refractivity contribution >= 4 is 8.58 Å². The fourth-order valence-electron chi connectivity index (χ4n) is 1.38. The third-order valence-electron chi connectivity index (χ3n) is 2.64. The first kappa shape index (κ1) is 12.4. The van der Waals surface area contributed by atoms with E-state index in [1.54, 1.807) is 0 Å². The molecule has 0 bridgehead atoms. The van der Waals surface area contributed by atoms with Gasteiger partial charge >= 0.3 is 0 Å². The van der Waals surface area contributed by atoms with Gasteiger partial charge in [-0.1, -0.05) is 46.5 Å². The molecule has 0 heterocycles. The molecule has 0 nitrogen and oxygen atoms in total. The van der Waals surface area contributed by atoms with E-state index in [9.17, 15) is 0 Å². The molecule has 0 saturated heterocycles. The summed E-state index contributed by atoms with van der Waals surface area (Å²) in [5, 5.41) is 0. The van der Waals surface area contributed by atoms with Crippen LogP contribution in [0.5, 0.6) is 0 Å². The predicted octanol–water partition coefficient (Wildman–Crippen LogP) is 4.29. The van der Waals surface area contributed by atoms with E-state index in [0.29, 0.717) is 0 Å². The first-order valence-electron chi connectivity index (χ1n) is 5.38. The molecule has 12 heavy (non-hydrogen) atoms. The number of rotatable bonds is 7. The van der Waals surface area contributed by atoms with E-state index in [4.69, 9.17) is 0 Å². The zero-order chi connectivity index (χ0) is 9.40. The van der Waals surface area contributed by atoms with Crippen LogP contribution in [0.1, 0.15) is 52.9 Å². The SMILES string of the molecule is CCCCC(C)CCC(C)PC. The standard InChI is InChI=1S/C11H25P/c1-5-6-7-10(2)8-9-11(3)12-4/h10-12H,5-9H2,1-4H3. The Morgan fingerprint density at radius 3 is 2.25 bits per heavy atom. The molecule has 0 fully saturated rings. The fraction of sp³-hybridized carbons (Fsp3) is 1.00. The van der Waals surface area contributed by atoms with Crippen molar-refractivity contribution in [3.05, 3.63) is 0 Å². The second-order valence-corrected chi connectivity index (χ2v) is 5.58. The summed E-state index contributed by atoms with van der Waals surface area (Å²) < 4.78 is 0. The zero-order valence-electron chi connectivity index (χ0n) is 9.19. The second kappa shape index (κ2) is 8.05. The Kier molecular flexibility index (Phi) is 8.34. The van der Waals surface area contributed by atoms with Crippen LogP contribution < -0.4 is 0 Å². The van der Waals surface area contributed by atoms with Gasteiger partial charge in [0.25, 0.3) is 0 Å². The molecule has 3 atom stereocenters. The van der Waals surface area contributed by atoms with E-state index in [-0.39, 0.29) is 0 Å². The lowest BCUT2D eigenvalue weighted by Crippen LogP contribution is -2.00. The third kappa shape index (κ3) is 7.10. The zero-order valence-corrected chi connectivity index (χ0v) is 10.2. The summed E-state index contributed by atoms with van der Waals surface area (Å²) in [5.74, 6) is 0.962. The smallest absolute Gasteiger partial charge is 0.0267 e. The molecule has 0 radical (unpaired) electrons. The van der Waals surface area contributed by atoms with Gasteiger partial charge in [-0.15, -0.1) is 8.58 Å². The molecule has 1 heteroatoms. The summed E-state index contributed by atoms with van der Waals surface area (Å²) in [5.41, 5.74) is 0.967. The maximum absolute atomic E-state index is 2.40. The topological polar surface area (TPSA) is 0 Å². The lowest BCUT2D eigenvalue weighted by molar-refractivity contribution is 0.456. The maximum atomic E-state index is 2.40. The summed E-state index contributed by atoms with van der Waals surface area (Å²) in [4.78, 5) is 0. The van der Waals surface area contributed by atoms with Crippen molar-refractivity contribution in [2.75, 3.05) is 6.66 Å². The van der Waals surface area contributed by atoms with Gasteiger partial charge in [-0.3, -0.25) is 0 Å². The fourth-order valence-corrected chi connectivity index (χ4v) is 1.83. The highest BCUT2D eigenvalue weighted by Crippen LogP contribution is 2.22. The van der Waals surface area contributed by atoms with Gasteiger partial charge in [-0.2, -0.15) is 0 Å². The monoisotopic (exact) mass is 188 g/mol. The van der Waals surface area contributed by atoms with Gasteiger partial charge in [0.05, 0.1) is 0 Å². The van der Waals surface area contributed by atoms with Crippen molar-refractivity contribution in [1.29, 1.82) is 0 Å². The molecule has 3 unspecified atom stereocenters. The van der Waals surface area contributed by atoms with E-state index in [2.05, 4.69) is 27.4 Å². The Balaban J connectivity index is 3.24. The molecule has 0 aliphatic carbocycles. The van der Waals surface area contributed by atoms with E-state index in [0.717, 1.165) is 20.2 Å². The summed E-state index contributed by atoms with van der Waals surface area (Å²) >= 11 is 0. The number of unbranched alkanes of at least 4 members (excludes halogenated alkanes) is 1. The van der Waals surface area contributed by atoms with Crippen molar-refractivity contribution in [3.63, 3.8) is 0 Å². The lowest BCUT2D eigenvalue weighted by atomic mass is 9.98. The van der Waals surface area contributed by atoms with Gasteiger partial charge < -0.3 is 0 Å². The van der Waals surface area contributed by atoms with E-state index < -0.39 is 0 Å². The van der Waals surface area contributed by atoms with Crippen molar-refractivity contribution in [2.45, 2.75) is 58.5 Å². The first-order chi connectivity index (χ1) is 5.70. The van der Waals surface area contributed by atoms with Crippen LogP contribution in [0, 0.1) is 5.92 Å². The summed E-state index contributed by atoms with van der Waals surface area (Å²) in [6.07, 6.45) is 7.11. The van der Waals surface area contributed by atoms with Crippen LogP contribution in [0.2, 0.25) is 0 Å². The molecule has 0 amide bonds. The number of hydrogen-bond acceptors (Lipinski definition) is 0. The van der Waals surface area contributed by atoms with Crippen LogP contribution in [0.15, 0.2) is 0 Å². The molecule has 0 rings (SSSR count). The van der Waals surface area contributed by atoms with Crippen LogP contribution >= 0.6 is 8.58 Å². The number of hydrogen-bond donors (Lipinski definition) is 0. The van der Waals surface area contributed by atoms with Gasteiger partial charge in [0, 0.05) is 0 Å². The summed E-state index contributed by atoms with van der Waals surface area (Å²) in [7, 11) is 1.13. The van der Waals surface area contributed by atoms with Crippen LogP contribution in [0.4, 0.5) is 0 Å². The van der Waals surface area contributed by atoms with Crippen LogP contribution in [0.25, 0.3) is 0 Å². The molecule has 0 aromatic carbocycles. The van der Waals surface area contributed by atoms with Crippen molar-refractivity contribution in [3.8, 4) is 0 Å². The molecular formula is C11H25P. The Morgan fingerprint density at radius 2 is 1.75 bits per heavy atom. The highest BCUT2D eigenvalue weighted by Gasteiger charge is 2.04. The first-order valence-corrected chi connectivity index (χ1v) is 6.95. The van der Waals surface area contributed by atoms with Gasteiger partial charge in [-0.25, -0.2) is 0 Å². The van der Waals surface area contributed by atoms with Crippen LogP contribution in [-0.4, -0.2) is 12.3 Å². The Morgan fingerprint density at radius 1 is 1.08 bits per heavy atom. The van der Waals surface area contributed by atoms with Gasteiger partial charge in [0.15, 0.2) is 0 Å². The molecule has 74 valence electrons. The predicted molar refractivity (Wildman–Crippen MR) is 61.6 cm³/mol. The lowest BCUT2D eigenvalue weighted by Gasteiger charge is -2.13. The Labute approximate surface area is 80.3 Å². The average molecular weight is 188 g/mol. The second-order valence-electron chi connectivity index (χ2n) is 4.01.